The lowest BCUT2D eigenvalue weighted by Gasteiger charge is -2.31. The van der Waals surface area contributed by atoms with Gasteiger partial charge in [-0.05, 0) is 87.7 Å². The number of para-hydroxylation sites is 2. The van der Waals surface area contributed by atoms with Gasteiger partial charge in [-0.15, -0.1) is 0 Å². The molecular formula is C55H42N2. The third-order valence-corrected chi connectivity index (χ3v) is 12.5. The Bertz CT molecular complexity index is 3070. The summed E-state index contributed by atoms with van der Waals surface area (Å²) in [6.07, 6.45) is 8.07. The Morgan fingerprint density at radius 1 is 0.544 bits per heavy atom. The summed E-state index contributed by atoms with van der Waals surface area (Å²) in [6.45, 7) is 4.73. The maximum Gasteiger partial charge on any atom is 0.0619 e. The van der Waals surface area contributed by atoms with E-state index in [9.17, 15) is 0 Å². The maximum absolute atomic E-state index is 2.48. The van der Waals surface area contributed by atoms with Crippen LogP contribution < -0.4 is 4.90 Å². The van der Waals surface area contributed by atoms with Crippen LogP contribution in [0.3, 0.4) is 0 Å². The number of fused-ring (bicyclic) bond motifs is 8. The summed E-state index contributed by atoms with van der Waals surface area (Å²) in [5.74, 6) is 0.363. The molecule has 1 heterocycles. The Balaban J connectivity index is 1.04. The predicted molar refractivity (Wildman–Crippen MR) is 241 cm³/mol. The Hall–Kier alpha value is -6.90. The Kier molecular flexibility index (Phi) is 7.69. The van der Waals surface area contributed by atoms with E-state index in [0.717, 1.165) is 12.1 Å². The number of nitrogens with zero attached hydrogens (tertiary/aromatic N) is 2. The van der Waals surface area contributed by atoms with Crippen LogP contribution in [0.4, 0.5) is 11.4 Å². The van der Waals surface area contributed by atoms with Gasteiger partial charge in [0, 0.05) is 50.1 Å². The molecule has 0 N–H and O–H groups in total. The largest absolute Gasteiger partial charge is 0.311 e. The minimum Gasteiger partial charge on any atom is -0.311 e. The van der Waals surface area contributed by atoms with Gasteiger partial charge in [0.05, 0.1) is 16.7 Å². The van der Waals surface area contributed by atoms with E-state index in [2.05, 4.69) is 224 Å². The van der Waals surface area contributed by atoms with Crippen LogP contribution >= 0.6 is 0 Å². The van der Waals surface area contributed by atoms with E-state index in [1.165, 1.54) is 88.6 Å². The van der Waals surface area contributed by atoms with Crippen LogP contribution in [0.5, 0.6) is 0 Å². The van der Waals surface area contributed by atoms with Crippen molar-refractivity contribution in [1.82, 2.24) is 4.57 Å². The van der Waals surface area contributed by atoms with Gasteiger partial charge >= 0.3 is 0 Å². The number of anilines is 2. The van der Waals surface area contributed by atoms with Gasteiger partial charge in [0.25, 0.3) is 0 Å². The van der Waals surface area contributed by atoms with Crippen molar-refractivity contribution in [3.8, 4) is 27.9 Å². The van der Waals surface area contributed by atoms with Gasteiger partial charge in [-0.25, -0.2) is 0 Å². The monoisotopic (exact) mass is 730 g/mol. The summed E-state index contributed by atoms with van der Waals surface area (Å²) in [4.78, 5) is 2.45. The summed E-state index contributed by atoms with van der Waals surface area (Å²) < 4.78 is 2.48. The molecule has 0 saturated carbocycles. The Morgan fingerprint density at radius 3 is 2.05 bits per heavy atom. The molecule has 0 radical (unpaired) electrons. The molecule has 2 aliphatic rings. The zero-order valence-electron chi connectivity index (χ0n) is 32.2. The molecule has 57 heavy (non-hydrogen) atoms. The number of rotatable bonds is 6. The summed E-state index contributed by atoms with van der Waals surface area (Å²) in [6, 6.07) is 67.0. The fraction of sp³-hybridized carbons (Fsp3) is 0.0909. The highest BCUT2D eigenvalue weighted by molar-refractivity contribution is 6.18. The van der Waals surface area contributed by atoms with E-state index in [4.69, 9.17) is 0 Å². The highest BCUT2D eigenvalue weighted by Gasteiger charge is 2.36. The average molecular weight is 731 g/mol. The zero-order chi connectivity index (χ0) is 38.1. The Morgan fingerprint density at radius 2 is 1.23 bits per heavy atom. The molecule has 1 atom stereocenters. The first-order valence-electron chi connectivity index (χ1n) is 20.1. The van der Waals surface area contributed by atoms with Crippen molar-refractivity contribution in [2.45, 2.75) is 31.6 Å². The second-order valence-corrected chi connectivity index (χ2v) is 16.1. The van der Waals surface area contributed by atoms with E-state index in [1.54, 1.807) is 0 Å². The molecule has 1 aromatic heterocycles. The van der Waals surface area contributed by atoms with Crippen LogP contribution in [-0.4, -0.2) is 4.57 Å². The molecule has 9 aromatic rings. The molecule has 0 spiro atoms. The van der Waals surface area contributed by atoms with Crippen molar-refractivity contribution in [2.75, 3.05) is 4.90 Å². The van der Waals surface area contributed by atoms with E-state index < -0.39 is 0 Å². The average Bonchev–Trinajstić information content (AvgIpc) is 3.73. The first-order chi connectivity index (χ1) is 28.0. The van der Waals surface area contributed by atoms with Crippen LogP contribution in [-0.2, 0) is 5.41 Å². The van der Waals surface area contributed by atoms with Gasteiger partial charge in [0.2, 0.25) is 0 Å². The lowest BCUT2D eigenvalue weighted by Crippen LogP contribution is -2.19. The first-order valence-corrected chi connectivity index (χ1v) is 20.1. The van der Waals surface area contributed by atoms with Gasteiger partial charge in [0.1, 0.15) is 0 Å². The van der Waals surface area contributed by atoms with E-state index in [1.807, 2.05) is 0 Å². The lowest BCUT2D eigenvalue weighted by molar-refractivity contribution is 0.660. The van der Waals surface area contributed by atoms with Gasteiger partial charge in [0.15, 0.2) is 0 Å². The van der Waals surface area contributed by atoms with Gasteiger partial charge < -0.3 is 9.47 Å². The van der Waals surface area contributed by atoms with Crippen molar-refractivity contribution in [3.63, 3.8) is 0 Å². The molecule has 0 fully saturated rings. The normalized spacial score (nSPS) is 15.5. The molecule has 2 nitrogen and oxygen atoms in total. The molecule has 8 aromatic carbocycles. The zero-order valence-corrected chi connectivity index (χ0v) is 32.2. The molecule has 2 heteroatoms. The van der Waals surface area contributed by atoms with E-state index in [-0.39, 0.29) is 5.41 Å². The fourth-order valence-corrected chi connectivity index (χ4v) is 9.68. The van der Waals surface area contributed by atoms with Crippen LogP contribution in [0.25, 0.3) is 60.5 Å². The van der Waals surface area contributed by atoms with Crippen molar-refractivity contribution in [1.29, 1.82) is 0 Å². The van der Waals surface area contributed by atoms with Crippen molar-refractivity contribution >= 4 is 44.0 Å². The molecule has 0 aliphatic heterocycles. The number of benzene rings is 8. The number of hydrogen-bond donors (Lipinski definition) is 0. The number of aromatic nitrogens is 1. The van der Waals surface area contributed by atoms with Crippen LogP contribution in [0, 0.1) is 0 Å². The topological polar surface area (TPSA) is 8.17 Å². The van der Waals surface area contributed by atoms with Crippen molar-refractivity contribution in [3.05, 3.63) is 223 Å². The quantitative estimate of drug-likeness (QED) is 0.165. The number of hydrogen-bond acceptors (Lipinski definition) is 1. The first kappa shape index (κ1) is 33.4. The summed E-state index contributed by atoms with van der Waals surface area (Å²) in [5.41, 5.74) is 16.2. The van der Waals surface area contributed by atoms with E-state index >= 15 is 0 Å². The SMILES string of the molecule is CC1(C)c2ccccc2-c2ccc(N(C3=CCC(c4ccccc4)C=C3)c3ccc(-c4ccccc4-n4c5ccccc5c5ccc6ccccc6c54)cc3)cc21. The van der Waals surface area contributed by atoms with Gasteiger partial charge in [-0.2, -0.15) is 0 Å². The second kappa shape index (κ2) is 13.1. The standard InChI is InChI=1S/C55H42N2/c1-55(2)50-21-11-8-19-46(50)47-35-33-43(36-51(47)55)56(41-29-24-38(25-30-41)37-14-4-3-5-15-37)42-31-26-40(27-32-42)44-17-9-12-22-52(44)57-53-23-13-10-20-48(53)49-34-28-39-16-6-7-18-45(39)54(49)57/h3-24,26-36,38H,25H2,1-2H3. The molecule has 0 saturated heterocycles. The second-order valence-electron chi connectivity index (χ2n) is 16.1. The third-order valence-electron chi connectivity index (χ3n) is 12.5. The van der Waals surface area contributed by atoms with Crippen LogP contribution in [0.1, 0.15) is 42.9 Å². The fourth-order valence-electron chi connectivity index (χ4n) is 9.68. The minimum atomic E-state index is -0.0888. The molecule has 2 aliphatic carbocycles. The summed E-state index contributed by atoms with van der Waals surface area (Å²) >= 11 is 0. The summed E-state index contributed by atoms with van der Waals surface area (Å²) in [7, 11) is 0. The van der Waals surface area contributed by atoms with Crippen molar-refractivity contribution in [2.24, 2.45) is 0 Å². The smallest absolute Gasteiger partial charge is 0.0619 e. The van der Waals surface area contributed by atoms with E-state index in [0.29, 0.717) is 5.92 Å². The molecule has 272 valence electrons. The molecule has 0 amide bonds. The maximum atomic E-state index is 2.48. The third kappa shape index (κ3) is 5.32. The molecular weight excluding hydrogens is 689 g/mol. The van der Waals surface area contributed by atoms with Gasteiger partial charge in [-0.1, -0.05) is 172 Å². The summed E-state index contributed by atoms with van der Waals surface area (Å²) in [5, 5.41) is 5.05. The highest BCUT2D eigenvalue weighted by atomic mass is 15.1. The molecule has 11 rings (SSSR count). The highest BCUT2D eigenvalue weighted by Crippen LogP contribution is 2.50. The van der Waals surface area contributed by atoms with Crippen LogP contribution in [0.15, 0.2) is 206 Å². The Labute approximate surface area is 334 Å². The van der Waals surface area contributed by atoms with Crippen molar-refractivity contribution < 1.29 is 0 Å². The molecule has 1 unspecified atom stereocenters. The van der Waals surface area contributed by atoms with Gasteiger partial charge in [-0.3, -0.25) is 0 Å². The predicted octanol–water partition coefficient (Wildman–Crippen LogP) is 14.7. The minimum absolute atomic E-state index is 0.0888. The number of allylic oxidation sites excluding steroid dienone is 3. The van der Waals surface area contributed by atoms with Crippen LogP contribution in [0.2, 0.25) is 0 Å². The lowest BCUT2D eigenvalue weighted by atomic mass is 9.82. The molecule has 0 bridgehead atoms.